The highest BCUT2D eigenvalue weighted by Crippen LogP contribution is 2.24. The van der Waals surface area contributed by atoms with E-state index in [1.165, 1.54) is 4.31 Å². The highest BCUT2D eigenvalue weighted by Gasteiger charge is 2.33. The van der Waals surface area contributed by atoms with Crippen molar-refractivity contribution in [3.8, 4) is 0 Å². The summed E-state index contributed by atoms with van der Waals surface area (Å²) >= 11 is 0. The third-order valence-corrected chi connectivity index (χ3v) is 8.17. The van der Waals surface area contributed by atoms with Gasteiger partial charge < -0.3 is 18.4 Å². The summed E-state index contributed by atoms with van der Waals surface area (Å²) in [5, 5.41) is 3.75. The molecule has 10 heteroatoms. The van der Waals surface area contributed by atoms with Crippen LogP contribution in [0.2, 0.25) is 0 Å². The monoisotopic (exact) mass is 472 g/mol. The maximum absolute atomic E-state index is 13.0. The van der Waals surface area contributed by atoms with Crippen LogP contribution in [0.1, 0.15) is 34.2 Å². The molecule has 0 atom stereocenters. The van der Waals surface area contributed by atoms with Crippen molar-refractivity contribution in [2.75, 3.05) is 26.2 Å². The normalized spacial score (nSPS) is 15.6. The van der Waals surface area contributed by atoms with Gasteiger partial charge in [-0.1, -0.05) is 5.16 Å². The van der Waals surface area contributed by atoms with E-state index in [2.05, 4.69) is 9.72 Å². The Morgan fingerprint density at radius 3 is 2.48 bits per heavy atom. The Bertz CT molecular complexity index is 1260. The number of hydrogen-bond donors (Lipinski definition) is 0. The molecule has 1 aliphatic heterocycles. The first-order valence-electron chi connectivity index (χ1n) is 10.8. The second-order valence-corrected chi connectivity index (χ2v) is 10.1. The number of carbonyl (C=O) groups is 1. The SMILES string of the molecule is Cc1noc(C)c1S(=O)(=O)N1CCN(C(=O)/C=C/c2cc(C)n(Cc3ccco3)c2C)CC1. The number of aryl methyl sites for hydroxylation is 3. The maximum Gasteiger partial charge on any atom is 0.248 e. The van der Waals surface area contributed by atoms with Gasteiger partial charge in [-0.15, -0.1) is 0 Å². The van der Waals surface area contributed by atoms with E-state index in [1.54, 1.807) is 31.1 Å². The Balaban J connectivity index is 1.40. The van der Waals surface area contributed by atoms with Crippen molar-refractivity contribution in [1.29, 1.82) is 0 Å². The van der Waals surface area contributed by atoms with Crippen molar-refractivity contribution in [2.45, 2.75) is 39.1 Å². The molecular formula is C23H28N4O5S. The third-order valence-electron chi connectivity index (χ3n) is 6.03. The van der Waals surface area contributed by atoms with Crippen LogP contribution in [0.15, 0.2) is 44.4 Å². The molecule has 0 aromatic carbocycles. The third kappa shape index (κ3) is 4.53. The molecule has 0 radical (unpaired) electrons. The predicted octanol–water partition coefficient (Wildman–Crippen LogP) is 2.90. The number of nitrogens with zero attached hydrogens (tertiary/aromatic N) is 4. The van der Waals surface area contributed by atoms with Gasteiger partial charge >= 0.3 is 0 Å². The summed E-state index contributed by atoms with van der Waals surface area (Å²) in [5.74, 6) is 1.01. The molecule has 0 spiro atoms. The lowest BCUT2D eigenvalue weighted by Gasteiger charge is -2.33. The lowest BCUT2D eigenvalue weighted by atomic mass is 10.2. The summed E-state index contributed by atoms with van der Waals surface area (Å²) < 4.78 is 39.9. The maximum atomic E-state index is 13.0. The first-order chi connectivity index (χ1) is 15.7. The number of carbonyl (C=O) groups excluding carboxylic acids is 1. The summed E-state index contributed by atoms with van der Waals surface area (Å²) in [4.78, 5) is 14.5. The molecule has 1 fully saturated rings. The van der Waals surface area contributed by atoms with Crippen LogP contribution in [0.25, 0.3) is 6.08 Å². The van der Waals surface area contributed by atoms with Crippen molar-refractivity contribution in [2.24, 2.45) is 0 Å². The fourth-order valence-electron chi connectivity index (χ4n) is 4.19. The second kappa shape index (κ2) is 9.03. The van der Waals surface area contributed by atoms with Crippen molar-refractivity contribution in [3.63, 3.8) is 0 Å². The molecule has 4 heterocycles. The van der Waals surface area contributed by atoms with Crippen LogP contribution < -0.4 is 0 Å². The first kappa shape index (κ1) is 23.1. The minimum absolute atomic E-state index is 0.118. The highest BCUT2D eigenvalue weighted by atomic mass is 32.2. The van der Waals surface area contributed by atoms with Gasteiger partial charge in [0.05, 0.1) is 12.8 Å². The van der Waals surface area contributed by atoms with Gasteiger partial charge in [-0.25, -0.2) is 8.42 Å². The van der Waals surface area contributed by atoms with Gasteiger partial charge in [-0.3, -0.25) is 4.79 Å². The number of piperazine rings is 1. The Morgan fingerprint density at radius 1 is 1.15 bits per heavy atom. The largest absolute Gasteiger partial charge is 0.467 e. The summed E-state index contributed by atoms with van der Waals surface area (Å²) in [6, 6.07) is 5.84. The van der Waals surface area contributed by atoms with E-state index in [-0.39, 0.29) is 29.7 Å². The summed E-state index contributed by atoms with van der Waals surface area (Å²) in [6.07, 6.45) is 5.02. The van der Waals surface area contributed by atoms with E-state index in [0.29, 0.717) is 25.3 Å². The molecule has 4 rings (SSSR count). The number of sulfonamides is 1. The first-order valence-corrected chi connectivity index (χ1v) is 12.2. The van der Waals surface area contributed by atoms with Crippen molar-refractivity contribution in [3.05, 3.63) is 64.7 Å². The Hall–Kier alpha value is -3.11. The van der Waals surface area contributed by atoms with Gasteiger partial charge in [0.15, 0.2) is 5.76 Å². The van der Waals surface area contributed by atoms with E-state index < -0.39 is 10.0 Å². The van der Waals surface area contributed by atoms with Crippen LogP contribution in [0.4, 0.5) is 0 Å². The number of amides is 1. The Kier molecular flexibility index (Phi) is 6.31. The molecule has 1 amide bonds. The summed E-state index contributed by atoms with van der Waals surface area (Å²) in [7, 11) is -3.70. The quantitative estimate of drug-likeness (QED) is 0.511. The van der Waals surface area contributed by atoms with Crippen LogP contribution in [0.3, 0.4) is 0 Å². The zero-order chi connectivity index (χ0) is 23.8. The smallest absolute Gasteiger partial charge is 0.248 e. The van der Waals surface area contributed by atoms with Gasteiger partial charge in [0.2, 0.25) is 15.9 Å². The topological polar surface area (TPSA) is 102 Å². The number of rotatable bonds is 6. The molecular weight excluding hydrogens is 444 g/mol. The summed E-state index contributed by atoms with van der Waals surface area (Å²) in [5.41, 5.74) is 3.43. The van der Waals surface area contributed by atoms with E-state index in [1.807, 2.05) is 38.1 Å². The van der Waals surface area contributed by atoms with E-state index >= 15 is 0 Å². The minimum Gasteiger partial charge on any atom is -0.467 e. The fraction of sp³-hybridized carbons (Fsp3) is 0.391. The lowest BCUT2D eigenvalue weighted by molar-refractivity contribution is -0.127. The van der Waals surface area contributed by atoms with E-state index in [4.69, 9.17) is 8.94 Å². The molecule has 176 valence electrons. The number of aromatic nitrogens is 2. The number of furan rings is 1. The van der Waals surface area contributed by atoms with Gasteiger partial charge in [-0.05, 0) is 57.5 Å². The van der Waals surface area contributed by atoms with Crippen LogP contribution in [-0.4, -0.2) is 59.4 Å². The minimum atomic E-state index is -3.70. The van der Waals surface area contributed by atoms with Gasteiger partial charge in [-0.2, -0.15) is 4.31 Å². The Morgan fingerprint density at radius 2 is 1.88 bits per heavy atom. The predicted molar refractivity (Wildman–Crippen MR) is 122 cm³/mol. The molecule has 0 N–H and O–H groups in total. The molecule has 3 aromatic heterocycles. The van der Waals surface area contributed by atoms with E-state index in [9.17, 15) is 13.2 Å². The summed E-state index contributed by atoms with van der Waals surface area (Å²) in [6.45, 7) is 8.96. The van der Waals surface area contributed by atoms with Gasteiger partial charge in [0, 0.05) is 43.6 Å². The lowest BCUT2D eigenvalue weighted by Crippen LogP contribution is -2.50. The van der Waals surface area contributed by atoms with Crippen molar-refractivity contribution < 1.29 is 22.2 Å². The fourth-order valence-corrected chi connectivity index (χ4v) is 5.90. The van der Waals surface area contributed by atoms with Gasteiger partial charge in [0.1, 0.15) is 16.3 Å². The van der Waals surface area contributed by atoms with Crippen LogP contribution >= 0.6 is 0 Å². The van der Waals surface area contributed by atoms with Crippen molar-refractivity contribution >= 4 is 22.0 Å². The molecule has 1 saturated heterocycles. The molecule has 1 aliphatic rings. The highest BCUT2D eigenvalue weighted by molar-refractivity contribution is 7.89. The molecule has 3 aromatic rings. The molecule has 0 aliphatic carbocycles. The molecule has 0 saturated carbocycles. The molecule has 33 heavy (non-hydrogen) atoms. The zero-order valence-electron chi connectivity index (χ0n) is 19.2. The standard InChI is InChI=1S/C23H28N4O5S/c1-16-14-20(18(3)27(16)15-21-6-5-13-31-21)7-8-22(28)25-9-11-26(12-10-25)33(29,30)23-17(2)24-32-19(23)4/h5-8,13-14H,9-12,15H2,1-4H3/b8-7+. The van der Waals surface area contributed by atoms with E-state index in [0.717, 1.165) is 22.7 Å². The number of hydrogen-bond acceptors (Lipinski definition) is 6. The van der Waals surface area contributed by atoms with Crippen LogP contribution in [0, 0.1) is 27.7 Å². The second-order valence-electron chi connectivity index (χ2n) is 8.21. The molecule has 0 bridgehead atoms. The average molecular weight is 473 g/mol. The molecule has 0 unspecified atom stereocenters. The molecule has 9 nitrogen and oxygen atoms in total. The zero-order valence-corrected chi connectivity index (χ0v) is 20.1. The average Bonchev–Trinajstić information content (AvgIpc) is 3.49. The van der Waals surface area contributed by atoms with Crippen LogP contribution in [-0.2, 0) is 21.4 Å². The van der Waals surface area contributed by atoms with Crippen molar-refractivity contribution in [1.82, 2.24) is 18.9 Å². The Labute approximate surface area is 193 Å². The van der Waals surface area contributed by atoms with Gasteiger partial charge in [0.25, 0.3) is 0 Å². The van der Waals surface area contributed by atoms with Crippen LogP contribution in [0.5, 0.6) is 0 Å².